The third kappa shape index (κ3) is 3.48. The van der Waals surface area contributed by atoms with Crippen LogP contribution in [-0.2, 0) is 0 Å². The zero-order valence-electron chi connectivity index (χ0n) is 16.9. The normalized spacial score (nSPS) is 12.2. The van der Waals surface area contributed by atoms with Crippen molar-refractivity contribution >= 4 is 27.7 Å². The molecule has 0 amide bonds. The Bertz CT molecular complexity index is 1460. The smallest absolute Gasteiger partial charge is 0.213 e. The molecule has 0 saturated heterocycles. The Morgan fingerprint density at radius 1 is 1.13 bits per heavy atom. The second kappa shape index (κ2) is 7.56. The van der Waals surface area contributed by atoms with Crippen LogP contribution in [0.1, 0.15) is 18.5 Å². The van der Waals surface area contributed by atoms with Crippen molar-refractivity contribution < 1.29 is 9.15 Å². The van der Waals surface area contributed by atoms with Crippen LogP contribution < -0.4 is 15.5 Å². The van der Waals surface area contributed by atoms with E-state index in [2.05, 4.69) is 25.5 Å². The van der Waals surface area contributed by atoms with Crippen molar-refractivity contribution in [3.05, 3.63) is 77.0 Å². The van der Waals surface area contributed by atoms with Crippen molar-refractivity contribution in [2.45, 2.75) is 13.0 Å². The molecule has 0 bridgehead atoms. The Kier molecular flexibility index (Phi) is 4.59. The van der Waals surface area contributed by atoms with Crippen molar-refractivity contribution in [2.75, 3.05) is 12.4 Å². The van der Waals surface area contributed by atoms with Gasteiger partial charge in [-0.25, -0.2) is 9.97 Å². The van der Waals surface area contributed by atoms with Gasteiger partial charge in [0.05, 0.1) is 42.0 Å². The highest BCUT2D eigenvalue weighted by Gasteiger charge is 2.13. The lowest BCUT2D eigenvalue weighted by atomic mass is 10.0. The number of nitrogens with zero attached hydrogens (tertiary/aromatic N) is 3. The predicted molar refractivity (Wildman–Crippen MR) is 118 cm³/mol. The van der Waals surface area contributed by atoms with Crippen LogP contribution in [-0.4, -0.2) is 27.3 Å². The van der Waals surface area contributed by atoms with Crippen molar-refractivity contribution in [1.29, 1.82) is 0 Å². The van der Waals surface area contributed by atoms with E-state index in [1.54, 1.807) is 31.8 Å². The van der Waals surface area contributed by atoms with Gasteiger partial charge in [-0.05, 0) is 36.2 Å². The van der Waals surface area contributed by atoms with Gasteiger partial charge in [0.15, 0.2) is 5.58 Å². The monoisotopic (exact) mass is 413 g/mol. The molecule has 0 spiro atoms. The number of hydrogen-bond acceptors (Lipinski definition) is 7. The average Bonchev–Trinajstić information content (AvgIpc) is 3.27. The fourth-order valence-corrected chi connectivity index (χ4v) is 3.53. The van der Waals surface area contributed by atoms with E-state index in [-0.39, 0.29) is 11.5 Å². The third-order valence-electron chi connectivity index (χ3n) is 5.25. The summed E-state index contributed by atoms with van der Waals surface area (Å²) in [6.07, 6.45) is 6.46. The molecule has 1 aromatic carbocycles. The van der Waals surface area contributed by atoms with Gasteiger partial charge in [-0.15, -0.1) is 0 Å². The van der Waals surface area contributed by atoms with Gasteiger partial charge in [-0.1, -0.05) is 12.1 Å². The van der Waals surface area contributed by atoms with Crippen molar-refractivity contribution in [1.82, 2.24) is 20.2 Å². The van der Waals surface area contributed by atoms with Gasteiger partial charge < -0.3 is 14.5 Å². The lowest BCUT2D eigenvalue weighted by Crippen LogP contribution is -2.10. The summed E-state index contributed by atoms with van der Waals surface area (Å²) in [5.41, 5.74) is 3.39. The molecule has 8 heteroatoms. The number of ether oxygens (including phenoxy) is 1. The number of hydrogen-bond donors (Lipinski definition) is 2. The molecule has 1 atom stereocenters. The van der Waals surface area contributed by atoms with Gasteiger partial charge >= 0.3 is 0 Å². The van der Waals surface area contributed by atoms with E-state index in [0.717, 1.165) is 22.0 Å². The number of aromatic nitrogens is 4. The molecule has 0 aliphatic heterocycles. The molecule has 5 rings (SSSR count). The molecule has 154 valence electrons. The molecule has 5 aromatic rings. The predicted octanol–water partition coefficient (Wildman–Crippen LogP) is 4.31. The summed E-state index contributed by atoms with van der Waals surface area (Å²) in [6, 6.07) is 11.1. The van der Waals surface area contributed by atoms with Gasteiger partial charge in [0.1, 0.15) is 12.1 Å². The molecule has 0 unspecified atom stereocenters. The van der Waals surface area contributed by atoms with Crippen LogP contribution in [0.25, 0.3) is 33.0 Å². The molecule has 4 heterocycles. The number of H-pyrrole nitrogens is 1. The maximum Gasteiger partial charge on any atom is 0.213 e. The van der Waals surface area contributed by atoms with Crippen molar-refractivity contribution in [2.24, 2.45) is 0 Å². The number of anilines is 1. The number of rotatable bonds is 5. The van der Waals surface area contributed by atoms with Crippen LogP contribution >= 0.6 is 0 Å². The Labute approximate surface area is 176 Å². The molecule has 4 aromatic heterocycles. The highest BCUT2D eigenvalue weighted by atomic mass is 16.5. The van der Waals surface area contributed by atoms with E-state index in [1.165, 1.54) is 6.26 Å². The number of aromatic amines is 1. The molecule has 8 nitrogen and oxygen atoms in total. The van der Waals surface area contributed by atoms with Crippen molar-refractivity contribution in [3.8, 4) is 17.0 Å². The zero-order chi connectivity index (χ0) is 21.4. The van der Waals surface area contributed by atoms with Gasteiger partial charge in [-0.3, -0.25) is 9.89 Å². The first-order valence-corrected chi connectivity index (χ1v) is 9.74. The molecular formula is C23H19N5O3. The Balaban J connectivity index is 1.51. The fraction of sp³-hybridized carbons (Fsp3) is 0.130. The van der Waals surface area contributed by atoms with Gasteiger partial charge in [0, 0.05) is 17.6 Å². The van der Waals surface area contributed by atoms with E-state index >= 15 is 0 Å². The zero-order valence-corrected chi connectivity index (χ0v) is 16.9. The maximum atomic E-state index is 13.2. The van der Waals surface area contributed by atoms with E-state index < -0.39 is 0 Å². The lowest BCUT2D eigenvalue weighted by Gasteiger charge is -2.15. The first-order chi connectivity index (χ1) is 15.1. The Hall–Kier alpha value is -4.20. The standard InChI is InChI=1S/C23H19N5O3/c1-13(14-5-6-24-22(8-14)30-2)27-21-9-17-20(11-25-21)31-12-18(23(17)29)15-3-4-16-10-26-28-19(16)7-15/h3-13H,1-2H3,(H,25,27)(H,26,28)/t13-/m0/s1. The van der Waals surface area contributed by atoms with Crippen LogP contribution in [0, 0.1) is 0 Å². The first kappa shape index (κ1) is 18.8. The molecule has 0 fully saturated rings. The topological polar surface area (TPSA) is 106 Å². The summed E-state index contributed by atoms with van der Waals surface area (Å²) in [5, 5.41) is 11.7. The quantitative estimate of drug-likeness (QED) is 0.442. The SMILES string of the molecule is COc1cc([C@H](C)Nc2cc3c(=O)c(-c4ccc5cn[nH]c5c4)coc3cn2)ccn1. The van der Waals surface area contributed by atoms with E-state index in [9.17, 15) is 4.79 Å². The molecular weight excluding hydrogens is 394 g/mol. The summed E-state index contributed by atoms with van der Waals surface area (Å²) >= 11 is 0. The Morgan fingerprint density at radius 2 is 2.03 bits per heavy atom. The minimum absolute atomic E-state index is 0.0696. The van der Waals surface area contributed by atoms with Crippen LogP contribution in [0.5, 0.6) is 5.88 Å². The second-order valence-corrected chi connectivity index (χ2v) is 7.21. The minimum atomic E-state index is -0.121. The molecule has 0 saturated carbocycles. The van der Waals surface area contributed by atoms with E-state index in [4.69, 9.17) is 9.15 Å². The summed E-state index contributed by atoms with van der Waals surface area (Å²) in [7, 11) is 1.58. The number of methoxy groups -OCH3 is 1. The molecule has 0 aliphatic carbocycles. The largest absolute Gasteiger partial charge is 0.481 e. The second-order valence-electron chi connectivity index (χ2n) is 7.21. The molecule has 0 aliphatic rings. The van der Waals surface area contributed by atoms with E-state index in [0.29, 0.717) is 28.2 Å². The number of benzene rings is 1. The number of nitrogens with one attached hydrogen (secondary N) is 2. The number of fused-ring (bicyclic) bond motifs is 2. The molecule has 0 radical (unpaired) electrons. The van der Waals surface area contributed by atoms with Crippen LogP contribution in [0.3, 0.4) is 0 Å². The first-order valence-electron chi connectivity index (χ1n) is 9.74. The fourth-order valence-electron chi connectivity index (χ4n) is 3.53. The number of pyridine rings is 2. The minimum Gasteiger partial charge on any atom is -0.481 e. The third-order valence-corrected chi connectivity index (χ3v) is 5.25. The molecule has 2 N–H and O–H groups in total. The van der Waals surface area contributed by atoms with Gasteiger partial charge in [0.2, 0.25) is 11.3 Å². The van der Waals surface area contributed by atoms with Crippen LogP contribution in [0.15, 0.2) is 70.5 Å². The van der Waals surface area contributed by atoms with E-state index in [1.807, 2.05) is 37.3 Å². The van der Waals surface area contributed by atoms with Gasteiger partial charge in [-0.2, -0.15) is 5.10 Å². The van der Waals surface area contributed by atoms with Crippen LogP contribution in [0.2, 0.25) is 0 Å². The van der Waals surface area contributed by atoms with Gasteiger partial charge in [0.25, 0.3) is 0 Å². The van der Waals surface area contributed by atoms with Crippen LogP contribution in [0.4, 0.5) is 5.82 Å². The molecule has 31 heavy (non-hydrogen) atoms. The highest BCUT2D eigenvalue weighted by Crippen LogP contribution is 2.25. The summed E-state index contributed by atoms with van der Waals surface area (Å²) in [4.78, 5) is 21.7. The lowest BCUT2D eigenvalue weighted by molar-refractivity contribution is 0.397. The summed E-state index contributed by atoms with van der Waals surface area (Å²) < 4.78 is 10.9. The Morgan fingerprint density at radius 3 is 2.90 bits per heavy atom. The highest BCUT2D eigenvalue weighted by molar-refractivity contribution is 5.87. The average molecular weight is 413 g/mol. The maximum absolute atomic E-state index is 13.2. The summed E-state index contributed by atoms with van der Waals surface area (Å²) in [5.74, 6) is 1.11. The summed E-state index contributed by atoms with van der Waals surface area (Å²) in [6.45, 7) is 2.00. The van der Waals surface area contributed by atoms with Crippen molar-refractivity contribution in [3.63, 3.8) is 0 Å².